The lowest BCUT2D eigenvalue weighted by atomic mass is 10.4. The van der Waals surface area contributed by atoms with E-state index in [4.69, 9.17) is 0 Å². The van der Waals surface area contributed by atoms with Crippen molar-refractivity contribution in [1.82, 2.24) is 25.1 Å². The largest absolute Gasteiger partial charge is 0.356 e. The molecule has 1 rings (SSSR count). The maximum absolute atomic E-state index is 11.3. The average Bonchev–Trinajstić information content (AvgIpc) is 2.83. The van der Waals surface area contributed by atoms with E-state index in [0.717, 1.165) is 30.9 Å². The van der Waals surface area contributed by atoms with Gasteiger partial charge in [0.15, 0.2) is 5.96 Å². The number of guanidine groups is 1. The van der Waals surface area contributed by atoms with Gasteiger partial charge in [-0.2, -0.15) is 5.10 Å². The van der Waals surface area contributed by atoms with Crippen molar-refractivity contribution in [3.8, 4) is 0 Å². The predicted molar refractivity (Wildman–Crippen MR) is 93.1 cm³/mol. The molecule has 0 radical (unpaired) electrons. The highest BCUT2D eigenvalue weighted by Crippen LogP contribution is 2.02. The standard InChI is InChI=1S/C14H28N6O2S/c1-5-23(21,22)18-9-8-17-14(15-4)16-7-6-10-20-13(3)11-12(2)19-20/h11,18H,5-10H2,1-4H3,(H2,15,16,17). The van der Waals surface area contributed by atoms with Crippen LogP contribution < -0.4 is 15.4 Å². The Hall–Kier alpha value is -1.61. The van der Waals surface area contributed by atoms with Crippen molar-refractivity contribution >= 4 is 16.0 Å². The van der Waals surface area contributed by atoms with Crippen molar-refractivity contribution in [2.24, 2.45) is 4.99 Å². The predicted octanol–water partition coefficient (Wildman–Crippen LogP) is -0.00566. The topological polar surface area (TPSA) is 100 Å². The van der Waals surface area contributed by atoms with Crippen molar-refractivity contribution in [3.05, 3.63) is 17.5 Å². The van der Waals surface area contributed by atoms with Crippen LogP contribution >= 0.6 is 0 Å². The quantitative estimate of drug-likeness (QED) is 0.332. The lowest BCUT2D eigenvalue weighted by molar-refractivity contribution is 0.555. The summed E-state index contributed by atoms with van der Waals surface area (Å²) < 4.78 is 27.1. The van der Waals surface area contributed by atoms with Gasteiger partial charge >= 0.3 is 0 Å². The van der Waals surface area contributed by atoms with Crippen LogP contribution in [0.25, 0.3) is 0 Å². The molecule has 0 aliphatic rings. The number of nitrogens with one attached hydrogen (secondary N) is 3. The molecule has 0 fully saturated rings. The highest BCUT2D eigenvalue weighted by atomic mass is 32.2. The highest BCUT2D eigenvalue weighted by molar-refractivity contribution is 7.89. The van der Waals surface area contributed by atoms with E-state index in [2.05, 4.69) is 31.5 Å². The number of hydrogen-bond acceptors (Lipinski definition) is 4. The normalized spacial score (nSPS) is 12.4. The molecule has 0 aliphatic heterocycles. The smallest absolute Gasteiger partial charge is 0.211 e. The molecule has 0 spiro atoms. The summed E-state index contributed by atoms with van der Waals surface area (Å²) in [6.45, 7) is 8.07. The maximum atomic E-state index is 11.3. The molecule has 1 aromatic rings. The molecule has 0 saturated heterocycles. The summed E-state index contributed by atoms with van der Waals surface area (Å²) in [7, 11) is -1.45. The van der Waals surface area contributed by atoms with Gasteiger partial charge < -0.3 is 10.6 Å². The van der Waals surface area contributed by atoms with Crippen molar-refractivity contribution in [2.75, 3.05) is 32.4 Å². The molecule has 8 nitrogen and oxygen atoms in total. The summed E-state index contributed by atoms with van der Waals surface area (Å²) in [6.07, 6.45) is 0.922. The molecule has 0 bridgehead atoms. The Bertz CT molecular complexity index is 609. The molecular formula is C14H28N6O2S. The van der Waals surface area contributed by atoms with E-state index < -0.39 is 10.0 Å². The summed E-state index contributed by atoms with van der Waals surface area (Å²) in [5, 5.41) is 10.7. The Morgan fingerprint density at radius 1 is 1.26 bits per heavy atom. The first-order valence-corrected chi connectivity index (χ1v) is 9.46. The molecule has 3 N–H and O–H groups in total. The Labute approximate surface area is 138 Å². The van der Waals surface area contributed by atoms with Crippen molar-refractivity contribution in [3.63, 3.8) is 0 Å². The number of nitrogens with zero attached hydrogens (tertiary/aromatic N) is 3. The van der Waals surface area contributed by atoms with E-state index in [-0.39, 0.29) is 5.75 Å². The van der Waals surface area contributed by atoms with Crippen molar-refractivity contribution in [1.29, 1.82) is 0 Å². The molecular weight excluding hydrogens is 316 g/mol. The fraction of sp³-hybridized carbons (Fsp3) is 0.714. The SMILES string of the molecule is CCS(=O)(=O)NCCNC(=NC)NCCCn1nc(C)cc1C. The second-order valence-electron chi connectivity index (χ2n) is 5.23. The van der Waals surface area contributed by atoms with Crippen LogP contribution in [0.3, 0.4) is 0 Å². The molecule has 1 aromatic heterocycles. The van der Waals surface area contributed by atoms with Crippen LogP contribution in [-0.2, 0) is 16.6 Å². The van der Waals surface area contributed by atoms with Gasteiger partial charge in [-0.3, -0.25) is 9.67 Å². The molecule has 0 atom stereocenters. The van der Waals surface area contributed by atoms with E-state index in [1.54, 1.807) is 14.0 Å². The van der Waals surface area contributed by atoms with Crippen LogP contribution in [0.15, 0.2) is 11.1 Å². The van der Waals surface area contributed by atoms with E-state index in [1.165, 1.54) is 0 Å². The molecule has 9 heteroatoms. The minimum atomic E-state index is -3.14. The summed E-state index contributed by atoms with van der Waals surface area (Å²) in [6, 6.07) is 2.06. The number of rotatable bonds is 9. The van der Waals surface area contributed by atoms with Crippen LogP contribution in [0.4, 0.5) is 0 Å². The Balaban J connectivity index is 2.20. The van der Waals surface area contributed by atoms with Crippen LogP contribution in [0.1, 0.15) is 24.7 Å². The summed E-state index contributed by atoms with van der Waals surface area (Å²) in [5.41, 5.74) is 2.19. The monoisotopic (exact) mass is 344 g/mol. The zero-order valence-electron chi connectivity index (χ0n) is 14.4. The van der Waals surface area contributed by atoms with Gasteiger partial charge in [0.25, 0.3) is 0 Å². The molecule has 132 valence electrons. The van der Waals surface area contributed by atoms with Crippen LogP contribution in [0, 0.1) is 13.8 Å². The highest BCUT2D eigenvalue weighted by Gasteiger charge is 2.05. The zero-order chi connectivity index (χ0) is 17.3. The van der Waals surface area contributed by atoms with E-state index in [0.29, 0.717) is 19.0 Å². The Morgan fingerprint density at radius 3 is 2.52 bits per heavy atom. The minimum Gasteiger partial charge on any atom is -0.356 e. The molecule has 0 aromatic carbocycles. The third-order valence-corrected chi connectivity index (χ3v) is 4.69. The summed E-state index contributed by atoms with van der Waals surface area (Å²) >= 11 is 0. The fourth-order valence-electron chi connectivity index (χ4n) is 2.05. The second-order valence-corrected chi connectivity index (χ2v) is 7.32. The van der Waals surface area contributed by atoms with Gasteiger partial charge in [0.2, 0.25) is 10.0 Å². The van der Waals surface area contributed by atoms with Gasteiger partial charge in [0.05, 0.1) is 11.4 Å². The van der Waals surface area contributed by atoms with E-state index in [9.17, 15) is 8.42 Å². The van der Waals surface area contributed by atoms with Gasteiger partial charge in [-0.05, 0) is 33.3 Å². The Kier molecular flexibility index (Phi) is 8.04. The molecule has 0 saturated carbocycles. The van der Waals surface area contributed by atoms with E-state index >= 15 is 0 Å². The number of aromatic nitrogens is 2. The minimum absolute atomic E-state index is 0.0896. The first-order valence-electron chi connectivity index (χ1n) is 7.81. The number of hydrogen-bond donors (Lipinski definition) is 3. The van der Waals surface area contributed by atoms with Gasteiger partial charge in [-0.1, -0.05) is 0 Å². The Morgan fingerprint density at radius 2 is 1.96 bits per heavy atom. The van der Waals surface area contributed by atoms with Crippen LogP contribution in [0.5, 0.6) is 0 Å². The number of aliphatic imine (C=N–C) groups is 1. The van der Waals surface area contributed by atoms with Crippen molar-refractivity contribution < 1.29 is 8.42 Å². The number of aryl methyl sites for hydroxylation is 3. The molecule has 0 unspecified atom stereocenters. The van der Waals surface area contributed by atoms with Crippen molar-refractivity contribution in [2.45, 2.75) is 33.7 Å². The second kappa shape index (κ2) is 9.51. The number of sulfonamides is 1. The third-order valence-electron chi connectivity index (χ3n) is 3.29. The summed E-state index contributed by atoms with van der Waals surface area (Å²) in [4.78, 5) is 4.10. The lowest BCUT2D eigenvalue weighted by Gasteiger charge is -2.12. The van der Waals surface area contributed by atoms with E-state index in [1.807, 2.05) is 18.5 Å². The fourth-order valence-corrected chi connectivity index (χ4v) is 2.66. The van der Waals surface area contributed by atoms with Gasteiger partial charge in [0.1, 0.15) is 0 Å². The van der Waals surface area contributed by atoms with Gasteiger partial charge in [-0.15, -0.1) is 0 Å². The van der Waals surface area contributed by atoms with Gasteiger partial charge in [0, 0.05) is 38.9 Å². The first kappa shape index (κ1) is 19.4. The average molecular weight is 344 g/mol. The summed E-state index contributed by atoms with van der Waals surface area (Å²) in [5.74, 6) is 0.751. The maximum Gasteiger partial charge on any atom is 0.211 e. The third kappa shape index (κ3) is 7.47. The molecule has 0 aliphatic carbocycles. The first-order chi connectivity index (χ1) is 10.9. The van der Waals surface area contributed by atoms with Gasteiger partial charge in [-0.25, -0.2) is 13.1 Å². The van der Waals surface area contributed by atoms with Crippen LogP contribution in [-0.4, -0.2) is 56.6 Å². The molecule has 23 heavy (non-hydrogen) atoms. The molecule has 1 heterocycles. The zero-order valence-corrected chi connectivity index (χ0v) is 15.2. The lowest BCUT2D eigenvalue weighted by Crippen LogP contribution is -2.42. The molecule has 0 amide bonds. The van der Waals surface area contributed by atoms with Crippen LogP contribution in [0.2, 0.25) is 0 Å².